The van der Waals surface area contributed by atoms with Crippen molar-refractivity contribution in [2.75, 3.05) is 20.6 Å². The van der Waals surface area contributed by atoms with Gasteiger partial charge < -0.3 is 14.8 Å². The number of carbonyl (C=O) groups is 1. The Bertz CT molecular complexity index is 903. The highest BCUT2D eigenvalue weighted by atomic mass is 19.1. The first-order valence-electron chi connectivity index (χ1n) is 8.82. The molecular weight excluding hydrogens is 343 g/mol. The first-order valence-corrected chi connectivity index (χ1v) is 8.82. The van der Waals surface area contributed by atoms with E-state index in [2.05, 4.69) is 10.3 Å². The predicted molar refractivity (Wildman–Crippen MR) is 103 cm³/mol. The quantitative estimate of drug-likeness (QED) is 0.699. The molecule has 0 radical (unpaired) electrons. The molecule has 0 saturated carbocycles. The summed E-state index contributed by atoms with van der Waals surface area (Å²) in [5.41, 5.74) is 3.29. The number of benzene rings is 2. The number of amides is 1. The number of para-hydroxylation sites is 1. The van der Waals surface area contributed by atoms with E-state index in [0.29, 0.717) is 18.5 Å². The smallest absolute Gasteiger partial charge is 0.253 e. The number of halogens is 1. The number of hydrogen-bond donors (Lipinski definition) is 1. The van der Waals surface area contributed by atoms with Crippen molar-refractivity contribution in [3.8, 4) is 5.69 Å². The number of rotatable bonds is 7. The molecule has 3 aromatic rings. The summed E-state index contributed by atoms with van der Waals surface area (Å²) in [6, 6.07) is 13.8. The van der Waals surface area contributed by atoms with Crippen LogP contribution in [-0.4, -0.2) is 41.0 Å². The molecule has 0 spiro atoms. The summed E-state index contributed by atoms with van der Waals surface area (Å²) in [6.07, 6.45) is 4.31. The molecular formula is C21H23FN4O. The molecule has 1 amide bonds. The number of aromatic nitrogens is 2. The zero-order valence-electron chi connectivity index (χ0n) is 15.5. The van der Waals surface area contributed by atoms with Crippen LogP contribution < -0.4 is 5.32 Å². The second-order valence-electron chi connectivity index (χ2n) is 6.66. The van der Waals surface area contributed by atoms with Gasteiger partial charge in [-0.25, -0.2) is 9.37 Å². The average Bonchev–Trinajstić information content (AvgIpc) is 3.11. The van der Waals surface area contributed by atoms with Crippen LogP contribution in [0.2, 0.25) is 0 Å². The van der Waals surface area contributed by atoms with Gasteiger partial charge in [0.15, 0.2) is 0 Å². The first-order chi connectivity index (χ1) is 13.0. The van der Waals surface area contributed by atoms with Crippen LogP contribution in [0.5, 0.6) is 0 Å². The molecule has 2 aromatic carbocycles. The normalized spacial score (nSPS) is 11.0. The Kier molecular flexibility index (Phi) is 5.98. The molecule has 0 bridgehead atoms. The molecule has 1 N–H and O–H groups in total. The minimum Gasteiger partial charge on any atom is -0.352 e. The molecule has 1 aromatic heterocycles. The summed E-state index contributed by atoms with van der Waals surface area (Å²) in [5.74, 6) is -0.402. The van der Waals surface area contributed by atoms with E-state index in [9.17, 15) is 9.18 Å². The van der Waals surface area contributed by atoms with Gasteiger partial charge in [0, 0.05) is 19.3 Å². The predicted octanol–water partition coefficient (Wildman–Crippen LogP) is 3.05. The van der Waals surface area contributed by atoms with E-state index in [0.717, 1.165) is 23.5 Å². The van der Waals surface area contributed by atoms with E-state index in [1.165, 1.54) is 12.1 Å². The average molecular weight is 366 g/mol. The molecule has 3 rings (SSSR count). The van der Waals surface area contributed by atoms with Gasteiger partial charge in [-0.15, -0.1) is 0 Å². The molecule has 27 heavy (non-hydrogen) atoms. The summed E-state index contributed by atoms with van der Waals surface area (Å²) < 4.78 is 14.8. The standard InChI is InChI=1S/C21H23FN4O/c1-25(2)13-18-14-26(15-24-18)20-6-4-3-5-19(20)21(27)23-12-11-16-7-9-17(22)10-8-16/h3-10,14-15H,11-13H2,1-2H3,(H,23,27). The third-order valence-corrected chi connectivity index (χ3v) is 4.15. The van der Waals surface area contributed by atoms with Crippen LogP contribution in [0.25, 0.3) is 5.69 Å². The van der Waals surface area contributed by atoms with Crippen molar-refractivity contribution in [1.82, 2.24) is 19.8 Å². The molecule has 0 aliphatic rings. The SMILES string of the molecule is CN(C)Cc1cn(-c2ccccc2C(=O)NCCc2ccc(F)cc2)cn1. The van der Waals surface area contributed by atoms with Crippen LogP contribution in [0.1, 0.15) is 21.6 Å². The van der Waals surface area contributed by atoms with E-state index in [1.807, 2.05) is 48.0 Å². The minimum absolute atomic E-state index is 0.143. The second kappa shape index (κ2) is 8.60. The molecule has 140 valence electrons. The highest BCUT2D eigenvalue weighted by molar-refractivity contribution is 5.97. The molecule has 0 unspecified atom stereocenters. The van der Waals surface area contributed by atoms with Gasteiger partial charge in [0.25, 0.3) is 5.91 Å². The molecule has 0 atom stereocenters. The maximum atomic E-state index is 13.0. The highest BCUT2D eigenvalue weighted by Crippen LogP contribution is 2.15. The Hall–Kier alpha value is -2.99. The van der Waals surface area contributed by atoms with Crippen molar-refractivity contribution in [2.24, 2.45) is 0 Å². The lowest BCUT2D eigenvalue weighted by Gasteiger charge is -2.11. The molecule has 5 nitrogen and oxygen atoms in total. The summed E-state index contributed by atoms with van der Waals surface area (Å²) in [6.45, 7) is 1.22. The lowest BCUT2D eigenvalue weighted by molar-refractivity contribution is 0.0954. The van der Waals surface area contributed by atoms with Gasteiger partial charge in [-0.1, -0.05) is 24.3 Å². The third kappa shape index (κ3) is 5.01. The van der Waals surface area contributed by atoms with Crippen molar-refractivity contribution in [1.29, 1.82) is 0 Å². The summed E-state index contributed by atoms with van der Waals surface area (Å²) in [7, 11) is 3.98. The zero-order chi connectivity index (χ0) is 19.2. The number of imidazole rings is 1. The Morgan fingerprint density at radius 1 is 1.15 bits per heavy atom. The van der Waals surface area contributed by atoms with Gasteiger partial charge in [0.1, 0.15) is 5.82 Å². The Balaban J connectivity index is 1.68. The molecule has 1 heterocycles. The largest absolute Gasteiger partial charge is 0.352 e. The minimum atomic E-state index is -0.259. The van der Waals surface area contributed by atoms with Crippen molar-refractivity contribution >= 4 is 5.91 Å². The second-order valence-corrected chi connectivity index (χ2v) is 6.66. The van der Waals surface area contributed by atoms with Gasteiger partial charge in [-0.3, -0.25) is 4.79 Å². The maximum absolute atomic E-state index is 13.0. The van der Waals surface area contributed by atoms with Crippen molar-refractivity contribution in [3.63, 3.8) is 0 Å². The van der Waals surface area contributed by atoms with E-state index < -0.39 is 0 Å². The lowest BCUT2D eigenvalue weighted by Crippen LogP contribution is -2.26. The van der Waals surface area contributed by atoms with Crippen LogP contribution in [0, 0.1) is 5.82 Å². The third-order valence-electron chi connectivity index (χ3n) is 4.15. The van der Waals surface area contributed by atoms with Crippen molar-refractivity contribution < 1.29 is 9.18 Å². The van der Waals surface area contributed by atoms with Gasteiger partial charge in [-0.2, -0.15) is 0 Å². The molecule has 0 aliphatic carbocycles. The van der Waals surface area contributed by atoms with Crippen LogP contribution in [-0.2, 0) is 13.0 Å². The van der Waals surface area contributed by atoms with E-state index in [-0.39, 0.29) is 11.7 Å². The topological polar surface area (TPSA) is 50.2 Å². The summed E-state index contributed by atoms with van der Waals surface area (Å²) in [4.78, 5) is 19.1. The number of hydrogen-bond acceptors (Lipinski definition) is 3. The van der Waals surface area contributed by atoms with Crippen molar-refractivity contribution in [2.45, 2.75) is 13.0 Å². The first kappa shape index (κ1) is 18.8. The van der Waals surface area contributed by atoms with Crippen LogP contribution >= 0.6 is 0 Å². The van der Waals surface area contributed by atoms with E-state index in [1.54, 1.807) is 24.5 Å². The van der Waals surface area contributed by atoms with E-state index >= 15 is 0 Å². The Morgan fingerprint density at radius 2 is 1.89 bits per heavy atom. The molecule has 0 fully saturated rings. The van der Waals surface area contributed by atoms with Gasteiger partial charge in [0.05, 0.1) is 23.3 Å². The fourth-order valence-electron chi connectivity index (χ4n) is 2.86. The zero-order valence-corrected chi connectivity index (χ0v) is 15.5. The fraction of sp³-hybridized carbons (Fsp3) is 0.238. The molecule has 0 aliphatic heterocycles. The van der Waals surface area contributed by atoms with Gasteiger partial charge >= 0.3 is 0 Å². The van der Waals surface area contributed by atoms with E-state index in [4.69, 9.17) is 0 Å². The van der Waals surface area contributed by atoms with Crippen LogP contribution in [0.15, 0.2) is 61.1 Å². The number of carbonyl (C=O) groups excluding carboxylic acids is 1. The fourth-order valence-corrected chi connectivity index (χ4v) is 2.86. The Morgan fingerprint density at radius 3 is 2.63 bits per heavy atom. The number of nitrogens with zero attached hydrogens (tertiary/aromatic N) is 3. The highest BCUT2D eigenvalue weighted by Gasteiger charge is 2.13. The summed E-state index contributed by atoms with van der Waals surface area (Å²) in [5, 5.41) is 2.94. The monoisotopic (exact) mass is 366 g/mol. The molecule has 0 saturated heterocycles. The maximum Gasteiger partial charge on any atom is 0.253 e. The van der Waals surface area contributed by atoms with Crippen molar-refractivity contribution in [3.05, 3.63) is 83.7 Å². The van der Waals surface area contributed by atoms with Gasteiger partial charge in [0.2, 0.25) is 0 Å². The van der Waals surface area contributed by atoms with Gasteiger partial charge in [-0.05, 0) is 50.3 Å². The summed E-state index contributed by atoms with van der Waals surface area (Å²) >= 11 is 0. The van der Waals surface area contributed by atoms with Crippen LogP contribution in [0.3, 0.4) is 0 Å². The Labute approximate surface area is 158 Å². The van der Waals surface area contributed by atoms with Crippen LogP contribution in [0.4, 0.5) is 4.39 Å². The number of nitrogens with one attached hydrogen (secondary N) is 1. The molecule has 6 heteroatoms. The lowest BCUT2D eigenvalue weighted by atomic mass is 10.1.